The van der Waals surface area contributed by atoms with E-state index in [1.807, 2.05) is 0 Å². The molecular formula is C23H18Cl3F3N2O5S. The Morgan fingerprint density at radius 1 is 1.14 bits per heavy atom. The molecule has 198 valence electrons. The fourth-order valence-corrected chi connectivity index (χ4v) is 6.03. The standard InChI is InChI=1S/C23H18Cl3F3N2O5S/c1-37(33,34)9-19(32)31-10-21(11-31)15-3-2-12(4-13(15)8-35-21)18-7-22(36-30-18,23(27,28)29)14-5-16(24)20(26)17(25)6-14/h2-6H,7-11H2,1H3/t22-/m0/s1. The van der Waals surface area contributed by atoms with Gasteiger partial charge in [-0.2, -0.15) is 13.2 Å². The molecule has 0 unspecified atom stereocenters. The molecule has 1 saturated heterocycles. The van der Waals surface area contributed by atoms with Crippen molar-refractivity contribution in [3.63, 3.8) is 0 Å². The first-order valence-corrected chi connectivity index (χ1v) is 14.0. The van der Waals surface area contributed by atoms with Crippen molar-refractivity contribution in [1.82, 2.24) is 4.90 Å². The van der Waals surface area contributed by atoms with Crippen LogP contribution in [0.5, 0.6) is 0 Å². The molecule has 1 amide bonds. The average Bonchev–Trinajstić information content (AvgIpc) is 3.37. The number of rotatable bonds is 4. The van der Waals surface area contributed by atoms with E-state index in [0.29, 0.717) is 5.56 Å². The van der Waals surface area contributed by atoms with Crippen molar-refractivity contribution < 1.29 is 36.0 Å². The predicted octanol–water partition coefficient (Wildman–Crippen LogP) is 4.84. The number of hydrogen-bond acceptors (Lipinski definition) is 6. The van der Waals surface area contributed by atoms with Gasteiger partial charge in [0.1, 0.15) is 11.4 Å². The van der Waals surface area contributed by atoms with Gasteiger partial charge in [0.25, 0.3) is 5.60 Å². The maximum Gasteiger partial charge on any atom is 0.435 e. The molecule has 0 saturated carbocycles. The first kappa shape index (κ1) is 26.6. The van der Waals surface area contributed by atoms with Gasteiger partial charge in [-0.05, 0) is 34.9 Å². The highest BCUT2D eigenvalue weighted by Crippen LogP contribution is 2.51. The summed E-state index contributed by atoms with van der Waals surface area (Å²) >= 11 is 17.9. The lowest BCUT2D eigenvalue weighted by Gasteiger charge is -2.47. The van der Waals surface area contributed by atoms with E-state index >= 15 is 0 Å². The Morgan fingerprint density at radius 2 is 1.78 bits per heavy atom. The molecule has 2 aromatic carbocycles. The van der Waals surface area contributed by atoms with Crippen LogP contribution in [0, 0.1) is 0 Å². The number of fused-ring (bicyclic) bond motifs is 2. The lowest BCUT2D eigenvalue weighted by atomic mass is 9.83. The number of halogens is 6. The minimum absolute atomic E-state index is 0.0660. The lowest BCUT2D eigenvalue weighted by Crippen LogP contribution is -2.62. The number of sulfone groups is 1. The van der Waals surface area contributed by atoms with E-state index in [9.17, 15) is 26.4 Å². The molecule has 1 fully saturated rings. The number of amides is 1. The number of likely N-dealkylation sites (tertiary alicyclic amines) is 1. The van der Waals surface area contributed by atoms with Crippen molar-refractivity contribution in [2.75, 3.05) is 25.1 Å². The Labute approximate surface area is 225 Å². The molecule has 2 aromatic rings. The Hall–Kier alpha value is -2.05. The Balaban J connectivity index is 1.38. The quantitative estimate of drug-likeness (QED) is 0.471. The van der Waals surface area contributed by atoms with E-state index in [0.717, 1.165) is 29.5 Å². The molecule has 0 bridgehead atoms. The SMILES string of the molecule is CS(=O)(=O)CC(=O)N1CC2(C1)OCc1cc(C3=NO[C@@](c4cc(Cl)c(Cl)c(Cl)c4)(C(F)(F)F)C3)ccc12. The van der Waals surface area contributed by atoms with Crippen molar-refractivity contribution in [3.05, 3.63) is 67.7 Å². The molecule has 1 spiro atoms. The zero-order valence-electron chi connectivity index (χ0n) is 19.0. The highest BCUT2D eigenvalue weighted by molar-refractivity contribution is 7.91. The zero-order valence-corrected chi connectivity index (χ0v) is 22.1. The number of nitrogens with zero attached hydrogens (tertiary/aromatic N) is 2. The van der Waals surface area contributed by atoms with Crippen LogP contribution >= 0.6 is 34.8 Å². The molecule has 14 heteroatoms. The second kappa shape index (κ2) is 8.74. The van der Waals surface area contributed by atoms with E-state index in [1.165, 1.54) is 4.90 Å². The van der Waals surface area contributed by atoms with Crippen molar-refractivity contribution in [2.45, 2.75) is 30.4 Å². The number of hydrogen-bond donors (Lipinski definition) is 0. The molecule has 0 aliphatic carbocycles. The van der Waals surface area contributed by atoms with Crippen LogP contribution in [0.3, 0.4) is 0 Å². The van der Waals surface area contributed by atoms with Crippen LogP contribution in [-0.2, 0) is 42.0 Å². The third-order valence-electron chi connectivity index (χ3n) is 6.70. The highest BCUT2D eigenvalue weighted by Gasteiger charge is 2.62. The summed E-state index contributed by atoms with van der Waals surface area (Å²) in [4.78, 5) is 18.6. The normalized spacial score (nSPS) is 22.5. The molecule has 0 N–H and O–H groups in total. The molecule has 5 rings (SSSR count). The first-order valence-electron chi connectivity index (χ1n) is 10.8. The first-order chi connectivity index (χ1) is 17.1. The maximum atomic E-state index is 14.3. The van der Waals surface area contributed by atoms with Crippen LogP contribution < -0.4 is 0 Å². The summed E-state index contributed by atoms with van der Waals surface area (Å²) in [6.07, 6.45) is -4.48. The second-order valence-corrected chi connectivity index (χ2v) is 12.7. The van der Waals surface area contributed by atoms with Gasteiger partial charge in [0, 0.05) is 18.2 Å². The van der Waals surface area contributed by atoms with Gasteiger partial charge in [0.2, 0.25) is 5.91 Å². The number of ether oxygens (including phenoxy) is 1. The Bertz CT molecular complexity index is 1440. The number of carbonyl (C=O) groups is 1. The zero-order chi connectivity index (χ0) is 27.0. The van der Waals surface area contributed by atoms with Gasteiger partial charge in [-0.15, -0.1) is 0 Å². The number of benzene rings is 2. The van der Waals surface area contributed by atoms with Gasteiger partial charge in [-0.3, -0.25) is 4.79 Å². The van der Waals surface area contributed by atoms with Gasteiger partial charge in [0.05, 0.1) is 40.5 Å². The van der Waals surface area contributed by atoms with E-state index in [-0.39, 0.29) is 46.0 Å². The van der Waals surface area contributed by atoms with Crippen molar-refractivity contribution >= 4 is 56.3 Å². The summed E-state index contributed by atoms with van der Waals surface area (Å²) < 4.78 is 71.8. The van der Waals surface area contributed by atoms with Crippen LogP contribution in [0.1, 0.15) is 28.7 Å². The molecule has 37 heavy (non-hydrogen) atoms. The van der Waals surface area contributed by atoms with E-state index in [1.54, 1.807) is 18.2 Å². The van der Waals surface area contributed by atoms with Crippen LogP contribution in [0.2, 0.25) is 15.1 Å². The minimum atomic E-state index is -4.85. The second-order valence-electron chi connectivity index (χ2n) is 9.36. The van der Waals surface area contributed by atoms with Crippen molar-refractivity contribution in [3.8, 4) is 0 Å². The minimum Gasteiger partial charge on any atom is -0.374 e. The molecule has 7 nitrogen and oxygen atoms in total. The number of alkyl halides is 3. The summed E-state index contributed by atoms with van der Waals surface area (Å²) in [7, 11) is -3.46. The molecule has 0 aromatic heterocycles. The largest absolute Gasteiger partial charge is 0.435 e. The molecular weight excluding hydrogens is 580 g/mol. The van der Waals surface area contributed by atoms with Crippen molar-refractivity contribution in [2.24, 2.45) is 5.16 Å². The van der Waals surface area contributed by atoms with Crippen LogP contribution in [-0.4, -0.2) is 56.2 Å². The van der Waals surface area contributed by atoms with Gasteiger partial charge < -0.3 is 14.5 Å². The smallest absolute Gasteiger partial charge is 0.374 e. The summed E-state index contributed by atoms with van der Waals surface area (Å²) in [5.41, 5.74) is -1.89. The molecule has 3 aliphatic heterocycles. The third-order valence-corrected chi connectivity index (χ3v) is 8.67. The van der Waals surface area contributed by atoms with Gasteiger partial charge in [-0.25, -0.2) is 8.42 Å². The summed E-state index contributed by atoms with van der Waals surface area (Å²) in [6.45, 7) is 0.554. The van der Waals surface area contributed by atoms with Crippen LogP contribution in [0.15, 0.2) is 35.5 Å². The third kappa shape index (κ3) is 4.48. The van der Waals surface area contributed by atoms with Gasteiger partial charge >= 0.3 is 6.18 Å². The van der Waals surface area contributed by atoms with Crippen molar-refractivity contribution in [1.29, 1.82) is 0 Å². The predicted molar refractivity (Wildman–Crippen MR) is 131 cm³/mol. The van der Waals surface area contributed by atoms with E-state index in [2.05, 4.69) is 5.16 Å². The molecule has 1 atom stereocenters. The summed E-state index contributed by atoms with van der Waals surface area (Å²) in [5, 5.41) is 3.42. The van der Waals surface area contributed by atoms with Crippen LogP contribution in [0.4, 0.5) is 13.2 Å². The molecule has 3 aliphatic rings. The fourth-order valence-electron chi connectivity index (χ4n) is 4.80. The summed E-state index contributed by atoms with van der Waals surface area (Å²) in [6, 6.07) is 7.15. The van der Waals surface area contributed by atoms with Gasteiger partial charge in [0.15, 0.2) is 9.84 Å². The average molecular weight is 598 g/mol. The lowest BCUT2D eigenvalue weighted by molar-refractivity contribution is -0.275. The molecule has 0 radical (unpaired) electrons. The Morgan fingerprint density at radius 3 is 2.38 bits per heavy atom. The number of oxime groups is 1. The monoisotopic (exact) mass is 596 g/mol. The summed E-state index contributed by atoms with van der Waals surface area (Å²) in [5.74, 6) is -1.09. The topological polar surface area (TPSA) is 85.3 Å². The highest BCUT2D eigenvalue weighted by atomic mass is 35.5. The maximum absolute atomic E-state index is 14.3. The van der Waals surface area contributed by atoms with Crippen LogP contribution in [0.25, 0.3) is 0 Å². The fraction of sp³-hybridized carbons (Fsp3) is 0.391. The molecule has 3 heterocycles. The number of carbonyl (C=O) groups excluding carboxylic acids is 1. The van der Waals surface area contributed by atoms with E-state index < -0.39 is 45.3 Å². The van der Waals surface area contributed by atoms with Gasteiger partial charge in [-0.1, -0.05) is 52.1 Å². The van der Waals surface area contributed by atoms with E-state index in [4.69, 9.17) is 44.4 Å². The Kier molecular flexibility index (Phi) is 6.27.